The molecule has 0 spiro atoms. The van der Waals surface area contributed by atoms with E-state index in [0.29, 0.717) is 19.4 Å². The summed E-state index contributed by atoms with van der Waals surface area (Å²) in [4.78, 5) is 30.1. The number of carbonyl (C=O) groups is 2. The van der Waals surface area contributed by atoms with Crippen LogP contribution in [0, 0.1) is 5.82 Å². The summed E-state index contributed by atoms with van der Waals surface area (Å²) in [5, 5.41) is 0. The van der Waals surface area contributed by atoms with Gasteiger partial charge in [-0.2, -0.15) is 0 Å². The number of benzene rings is 2. The molecule has 2 aromatic rings. The highest BCUT2D eigenvalue weighted by Crippen LogP contribution is 2.16. The topological polar surface area (TPSA) is 45.1 Å². The third-order valence-electron chi connectivity index (χ3n) is 5.80. The van der Waals surface area contributed by atoms with Crippen LogP contribution in [0.4, 0.5) is 10.1 Å². The Morgan fingerprint density at radius 1 is 0.964 bits per heavy atom. The fourth-order valence-electron chi connectivity index (χ4n) is 4.18. The first kappa shape index (κ1) is 18.6. The minimum absolute atomic E-state index is 0.0360. The van der Waals surface area contributed by atoms with Crippen LogP contribution in [0.2, 0.25) is 0 Å². The van der Waals surface area contributed by atoms with Crippen LogP contribution in [0.5, 0.6) is 0 Å². The van der Waals surface area contributed by atoms with Gasteiger partial charge in [0.15, 0.2) is 6.04 Å². The molecule has 5 nitrogen and oxygen atoms in total. The normalized spacial score (nSPS) is 20.8. The summed E-state index contributed by atoms with van der Waals surface area (Å²) < 4.78 is 13.1. The number of piperazine rings is 1. The van der Waals surface area contributed by atoms with Crippen molar-refractivity contribution < 1.29 is 18.9 Å². The van der Waals surface area contributed by atoms with E-state index in [1.165, 1.54) is 21.9 Å². The third kappa shape index (κ3) is 3.92. The molecule has 2 heterocycles. The van der Waals surface area contributed by atoms with Crippen LogP contribution in [-0.2, 0) is 16.0 Å². The minimum atomic E-state index is -0.265. The highest BCUT2D eigenvalue weighted by molar-refractivity contribution is 6.04. The number of likely N-dealkylation sites (tertiary alicyclic amines) is 1. The first-order chi connectivity index (χ1) is 13.6. The van der Waals surface area contributed by atoms with Crippen LogP contribution in [0.1, 0.15) is 12.0 Å². The summed E-state index contributed by atoms with van der Waals surface area (Å²) in [7, 11) is 0. The maximum atomic E-state index is 13.1. The molecular weight excluding hydrogens is 357 g/mol. The number of nitrogens with one attached hydrogen (secondary N) is 1. The number of halogens is 1. The standard InChI is InChI=1S/C22H24FN3O2/c23-18-6-8-19(9-7-18)24-12-14-25(15-13-24)20-16-21(27)26(22(20)28)11-10-17-4-2-1-3-5-17/h1-9,20H,10-16H2/p+1. The van der Waals surface area contributed by atoms with E-state index in [0.717, 1.165) is 37.4 Å². The number of hydrogen-bond donors (Lipinski definition) is 1. The monoisotopic (exact) mass is 382 g/mol. The van der Waals surface area contributed by atoms with Gasteiger partial charge in [0.05, 0.1) is 32.6 Å². The molecule has 2 aliphatic rings. The van der Waals surface area contributed by atoms with Gasteiger partial charge < -0.3 is 9.80 Å². The number of quaternary nitrogens is 1. The van der Waals surface area contributed by atoms with Crippen LogP contribution in [0.15, 0.2) is 54.6 Å². The number of amides is 2. The van der Waals surface area contributed by atoms with Gasteiger partial charge in [0, 0.05) is 12.2 Å². The lowest BCUT2D eigenvalue weighted by Crippen LogP contribution is -3.19. The molecule has 0 aromatic heterocycles. The predicted molar refractivity (Wildman–Crippen MR) is 105 cm³/mol. The van der Waals surface area contributed by atoms with Gasteiger partial charge >= 0.3 is 0 Å². The van der Waals surface area contributed by atoms with E-state index in [1.54, 1.807) is 12.1 Å². The Bertz CT molecular complexity index is 833. The van der Waals surface area contributed by atoms with Gasteiger partial charge in [-0.1, -0.05) is 30.3 Å². The van der Waals surface area contributed by atoms with Crippen molar-refractivity contribution >= 4 is 17.5 Å². The van der Waals surface area contributed by atoms with E-state index < -0.39 is 0 Å². The van der Waals surface area contributed by atoms with Crippen molar-refractivity contribution in [1.82, 2.24) is 4.90 Å². The molecule has 146 valence electrons. The summed E-state index contributed by atoms with van der Waals surface area (Å²) in [6.07, 6.45) is 0.998. The first-order valence-corrected chi connectivity index (χ1v) is 9.85. The Morgan fingerprint density at radius 3 is 2.32 bits per heavy atom. The largest absolute Gasteiger partial charge is 0.360 e. The van der Waals surface area contributed by atoms with E-state index in [9.17, 15) is 14.0 Å². The molecule has 2 aromatic carbocycles. The zero-order chi connectivity index (χ0) is 19.5. The molecule has 1 unspecified atom stereocenters. The van der Waals surface area contributed by atoms with E-state index in [-0.39, 0.29) is 23.7 Å². The number of anilines is 1. The molecule has 28 heavy (non-hydrogen) atoms. The molecule has 2 saturated heterocycles. The van der Waals surface area contributed by atoms with Crippen LogP contribution in [0.3, 0.4) is 0 Å². The van der Waals surface area contributed by atoms with Crippen molar-refractivity contribution in [1.29, 1.82) is 0 Å². The Labute approximate surface area is 164 Å². The highest BCUT2D eigenvalue weighted by atomic mass is 19.1. The maximum absolute atomic E-state index is 13.1. The molecule has 1 atom stereocenters. The van der Waals surface area contributed by atoms with Gasteiger partial charge in [0.25, 0.3) is 5.91 Å². The second kappa shape index (κ2) is 8.10. The molecule has 0 radical (unpaired) electrons. The molecule has 1 N–H and O–H groups in total. The fourth-order valence-corrected chi connectivity index (χ4v) is 4.18. The summed E-state index contributed by atoms with van der Waals surface area (Å²) in [6, 6.07) is 16.2. The zero-order valence-corrected chi connectivity index (χ0v) is 15.8. The SMILES string of the molecule is O=C1CC([NH+]2CCN(c3ccc(F)cc3)CC2)C(=O)N1CCc1ccccc1. The molecule has 2 fully saturated rings. The lowest BCUT2D eigenvalue weighted by atomic mass is 10.1. The predicted octanol–water partition coefficient (Wildman–Crippen LogP) is 0.901. The Hall–Kier alpha value is -2.73. The summed E-state index contributed by atoms with van der Waals surface area (Å²) in [5.41, 5.74) is 2.13. The summed E-state index contributed by atoms with van der Waals surface area (Å²) >= 11 is 0. The second-order valence-corrected chi connectivity index (χ2v) is 7.50. The average Bonchev–Trinajstić information content (AvgIpc) is 3.01. The zero-order valence-electron chi connectivity index (χ0n) is 15.8. The highest BCUT2D eigenvalue weighted by Gasteiger charge is 2.45. The van der Waals surface area contributed by atoms with E-state index in [2.05, 4.69) is 4.90 Å². The van der Waals surface area contributed by atoms with Crippen LogP contribution in [-0.4, -0.2) is 55.5 Å². The van der Waals surface area contributed by atoms with Gasteiger partial charge in [-0.05, 0) is 36.2 Å². The van der Waals surface area contributed by atoms with Gasteiger partial charge in [-0.15, -0.1) is 0 Å². The number of carbonyl (C=O) groups excluding carboxylic acids is 2. The Morgan fingerprint density at radius 2 is 1.64 bits per heavy atom. The lowest BCUT2D eigenvalue weighted by Gasteiger charge is -2.35. The van der Waals surface area contributed by atoms with Gasteiger partial charge in [-0.25, -0.2) is 4.39 Å². The van der Waals surface area contributed by atoms with Crippen LogP contribution in [0.25, 0.3) is 0 Å². The van der Waals surface area contributed by atoms with Crippen molar-refractivity contribution in [3.8, 4) is 0 Å². The van der Waals surface area contributed by atoms with Crippen LogP contribution < -0.4 is 9.80 Å². The van der Waals surface area contributed by atoms with Gasteiger partial charge in [-0.3, -0.25) is 14.5 Å². The van der Waals surface area contributed by atoms with Crippen LogP contribution >= 0.6 is 0 Å². The summed E-state index contributed by atoms with van der Waals surface area (Å²) in [6.45, 7) is 3.64. The number of rotatable bonds is 5. The van der Waals surface area contributed by atoms with Crippen molar-refractivity contribution in [2.24, 2.45) is 0 Å². The van der Waals surface area contributed by atoms with E-state index in [1.807, 2.05) is 30.3 Å². The van der Waals surface area contributed by atoms with Crippen molar-refractivity contribution in [3.05, 3.63) is 66.0 Å². The average molecular weight is 382 g/mol. The molecule has 2 amide bonds. The van der Waals surface area contributed by atoms with Crippen molar-refractivity contribution in [2.45, 2.75) is 18.9 Å². The fraction of sp³-hybridized carbons (Fsp3) is 0.364. The molecule has 0 saturated carbocycles. The van der Waals surface area contributed by atoms with E-state index in [4.69, 9.17) is 0 Å². The maximum Gasteiger partial charge on any atom is 0.288 e. The third-order valence-corrected chi connectivity index (χ3v) is 5.80. The lowest BCUT2D eigenvalue weighted by molar-refractivity contribution is -0.915. The van der Waals surface area contributed by atoms with Crippen molar-refractivity contribution in [3.63, 3.8) is 0 Å². The molecule has 6 heteroatoms. The van der Waals surface area contributed by atoms with Gasteiger partial charge in [0.2, 0.25) is 5.91 Å². The molecule has 0 aliphatic carbocycles. The molecule has 2 aliphatic heterocycles. The quantitative estimate of drug-likeness (QED) is 0.782. The van der Waals surface area contributed by atoms with E-state index >= 15 is 0 Å². The number of nitrogens with zero attached hydrogens (tertiary/aromatic N) is 2. The minimum Gasteiger partial charge on any atom is -0.360 e. The number of hydrogen-bond acceptors (Lipinski definition) is 3. The Balaban J connectivity index is 1.33. The molecular formula is C22H25FN3O2+. The van der Waals surface area contributed by atoms with Gasteiger partial charge in [0.1, 0.15) is 5.82 Å². The second-order valence-electron chi connectivity index (χ2n) is 7.50. The molecule has 4 rings (SSSR count). The molecule has 0 bridgehead atoms. The Kier molecular flexibility index (Phi) is 5.39. The summed E-state index contributed by atoms with van der Waals surface area (Å²) in [5.74, 6) is -0.329. The first-order valence-electron chi connectivity index (χ1n) is 9.85. The van der Waals surface area contributed by atoms with Crippen molar-refractivity contribution in [2.75, 3.05) is 37.6 Å². The number of imide groups is 1. The smallest absolute Gasteiger partial charge is 0.288 e.